The maximum atomic E-state index is 13.3. The van der Waals surface area contributed by atoms with Gasteiger partial charge in [0.1, 0.15) is 29.2 Å². The first-order valence-electron chi connectivity index (χ1n) is 15.0. The first-order chi connectivity index (χ1) is 21.9. The average molecular weight is 637 g/mol. The number of hydrogen-bond donors (Lipinski definition) is 0. The summed E-state index contributed by atoms with van der Waals surface area (Å²) in [5.41, 5.74) is 1.56. The van der Waals surface area contributed by atoms with E-state index in [1.807, 2.05) is 67.6 Å². The van der Waals surface area contributed by atoms with Gasteiger partial charge in [0.05, 0.1) is 38.9 Å². The van der Waals surface area contributed by atoms with Crippen molar-refractivity contribution in [3.8, 4) is 5.75 Å². The molecule has 240 valence electrons. The normalized spacial score (nSPS) is 21.1. The highest BCUT2D eigenvalue weighted by Crippen LogP contribution is 2.35. The minimum atomic E-state index is -0.994. The Morgan fingerprint density at radius 1 is 0.778 bits per heavy atom. The molecular weight excluding hydrogens is 596 g/mol. The minimum absolute atomic E-state index is 0.0430. The number of esters is 2. The summed E-state index contributed by atoms with van der Waals surface area (Å²) in [5.74, 6) is 0.146. The van der Waals surface area contributed by atoms with Crippen LogP contribution < -0.4 is 4.74 Å². The Kier molecular flexibility index (Phi) is 13.4. The molecule has 0 saturated carbocycles. The highest BCUT2D eigenvalue weighted by atomic mass is 32.2. The van der Waals surface area contributed by atoms with Gasteiger partial charge in [-0.05, 0) is 48.1 Å². The number of Topliss-reactive ketones (excluding diaryl/α,β-unsaturated/α-hetero) is 1. The number of carbonyl (C=O) groups is 3. The van der Waals surface area contributed by atoms with E-state index in [4.69, 9.17) is 28.4 Å². The monoisotopic (exact) mass is 636 g/mol. The second-order valence-corrected chi connectivity index (χ2v) is 11.9. The Morgan fingerprint density at radius 2 is 1.44 bits per heavy atom. The van der Waals surface area contributed by atoms with E-state index in [0.717, 1.165) is 16.9 Å². The van der Waals surface area contributed by atoms with Crippen molar-refractivity contribution < 1.29 is 42.8 Å². The molecule has 3 aromatic carbocycles. The highest BCUT2D eigenvalue weighted by molar-refractivity contribution is 7.99. The van der Waals surface area contributed by atoms with Gasteiger partial charge in [-0.2, -0.15) is 0 Å². The predicted octanol–water partition coefficient (Wildman–Crippen LogP) is 5.78. The van der Waals surface area contributed by atoms with E-state index >= 15 is 0 Å². The second-order valence-electron chi connectivity index (χ2n) is 10.5. The predicted molar refractivity (Wildman–Crippen MR) is 170 cm³/mol. The molecule has 0 aromatic heterocycles. The van der Waals surface area contributed by atoms with Crippen LogP contribution in [0.2, 0.25) is 0 Å². The second kappa shape index (κ2) is 17.7. The van der Waals surface area contributed by atoms with Crippen LogP contribution in [0.1, 0.15) is 48.2 Å². The van der Waals surface area contributed by atoms with Gasteiger partial charge in [-0.15, -0.1) is 11.8 Å². The number of ketones is 1. The molecule has 1 fully saturated rings. The molecule has 5 atom stereocenters. The van der Waals surface area contributed by atoms with Gasteiger partial charge in [-0.25, -0.2) is 4.79 Å². The largest absolute Gasteiger partial charge is 0.497 e. The fraction of sp³-hybridized carbons (Fsp3) is 0.400. The van der Waals surface area contributed by atoms with Gasteiger partial charge in [0.25, 0.3) is 0 Å². The third-order valence-electron chi connectivity index (χ3n) is 7.12. The molecule has 1 heterocycles. The summed E-state index contributed by atoms with van der Waals surface area (Å²) in [6, 6.07) is 25.7. The van der Waals surface area contributed by atoms with Crippen LogP contribution in [0.25, 0.3) is 0 Å². The lowest BCUT2D eigenvalue weighted by Gasteiger charge is -2.45. The van der Waals surface area contributed by atoms with Gasteiger partial charge in [0, 0.05) is 6.42 Å². The lowest BCUT2D eigenvalue weighted by Crippen LogP contribution is -2.61. The summed E-state index contributed by atoms with van der Waals surface area (Å²) in [6.45, 7) is 3.93. The van der Waals surface area contributed by atoms with Gasteiger partial charge in [-0.3, -0.25) is 4.79 Å². The molecule has 45 heavy (non-hydrogen) atoms. The third-order valence-corrected chi connectivity index (χ3v) is 8.16. The van der Waals surface area contributed by atoms with Crippen LogP contribution in [0.15, 0.2) is 84.9 Å². The molecule has 0 spiro atoms. The summed E-state index contributed by atoms with van der Waals surface area (Å²) in [5, 5.41) is 0. The van der Waals surface area contributed by atoms with Gasteiger partial charge in [0.15, 0.2) is 12.2 Å². The van der Waals surface area contributed by atoms with Gasteiger partial charge < -0.3 is 33.2 Å². The van der Waals surface area contributed by atoms with Crippen LogP contribution >= 0.6 is 11.8 Å². The molecule has 1 saturated heterocycles. The van der Waals surface area contributed by atoms with Crippen LogP contribution in [-0.4, -0.2) is 67.0 Å². The van der Waals surface area contributed by atoms with Crippen LogP contribution in [-0.2, 0) is 46.5 Å². The molecule has 0 unspecified atom stereocenters. The van der Waals surface area contributed by atoms with Crippen molar-refractivity contribution in [3.63, 3.8) is 0 Å². The topological polar surface area (TPSA) is 107 Å². The van der Waals surface area contributed by atoms with E-state index in [0.29, 0.717) is 11.3 Å². The summed E-state index contributed by atoms with van der Waals surface area (Å²) in [4.78, 5) is 38.0. The molecule has 0 aliphatic carbocycles. The Morgan fingerprint density at radius 3 is 2.09 bits per heavy atom. The van der Waals surface area contributed by atoms with Crippen molar-refractivity contribution in [1.82, 2.24) is 0 Å². The van der Waals surface area contributed by atoms with Gasteiger partial charge in [0.2, 0.25) is 0 Å². The molecule has 0 N–H and O–H groups in total. The molecule has 9 nitrogen and oxygen atoms in total. The Hall–Kier alpha value is -3.70. The average Bonchev–Trinajstić information content (AvgIpc) is 3.06. The van der Waals surface area contributed by atoms with Crippen LogP contribution in [0.5, 0.6) is 5.75 Å². The molecule has 3 aromatic rings. The summed E-state index contributed by atoms with van der Waals surface area (Å²) >= 11 is 1.46. The quantitative estimate of drug-likeness (QED) is 0.180. The Labute approximate surface area is 268 Å². The Bertz CT molecular complexity index is 1350. The molecule has 0 bridgehead atoms. The maximum Gasteiger partial charge on any atom is 0.338 e. The summed E-state index contributed by atoms with van der Waals surface area (Å²) in [7, 11) is 1.61. The molecule has 10 heteroatoms. The Balaban J connectivity index is 1.62. The van der Waals surface area contributed by atoms with Crippen LogP contribution in [0, 0.1) is 0 Å². The van der Waals surface area contributed by atoms with Gasteiger partial charge in [-0.1, -0.05) is 67.6 Å². The van der Waals surface area contributed by atoms with Crippen molar-refractivity contribution in [3.05, 3.63) is 102 Å². The first kappa shape index (κ1) is 34.2. The number of rotatable bonds is 16. The fourth-order valence-corrected chi connectivity index (χ4v) is 5.75. The van der Waals surface area contributed by atoms with E-state index < -0.39 is 41.8 Å². The number of benzene rings is 3. The summed E-state index contributed by atoms with van der Waals surface area (Å²) in [6.07, 6.45) is -3.62. The molecule has 1 aliphatic rings. The third kappa shape index (κ3) is 10.4. The fourth-order valence-electron chi connectivity index (χ4n) is 4.80. The standard InChI is InChI=1S/C35H40O9S/c1-4-45-35-33(44-34(38)27-13-9-6-10-14-27)32(41-22-25-11-7-5-8-12-25)31(43-30(37)20-15-24(2)36)29(42-35)23-40-21-26-16-18-28(39-3)19-17-26/h5-14,16-19,29,31-33,35H,4,15,20-23H2,1-3H3/t29-,31-,32+,33-,35+/m1/s1. The zero-order chi connectivity index (χ0) is 32.0. The molecule has 0 amide bonds. The number of methoxy groups -OCH3 is 1. The van der Waals surface area contributed by atoms with E-state index in [-0.39, 0.29) is 38.4 Å². The smallest absolute Gasteiger partial charge is 0.338 e. The molecular formula is C35H40O9S. The maximum absolute atomic E-state index is 13.3. The number of thioether (sulfide) groups is 1. The SMILES string of the molecule is CCS[C@@H]1O[C@H](COCc2ccc(OC)cc2)[C@@H](OC(=O)CCC(C)=O)[C@H](OCc2ccccc2)[C@H]1OC(=O)c1ccccc1. The van der Waals surface area contributed by atoms with Crippen molar-refractivity contribution in [2.45, 2.75) is 69.8 Å². The number of hydrogen-bond acceptors (Lipinski definition) is 10. The molecule has 1 aliphatic heterocycles. The van der Waals surface area contributed by atoms with Crippen molar-refractivity contribution >= 4 is 29.5 Å². The van der Waals surface area contributed by atoms with E-state index in [1.165, 1.54) is 18.7 Å². The number of ether oxygens (including phenoxy) is 6. The molecule has 4 rings (SSSR count). The van der Waals surface area contributed by atoms with Crippen LogP contribution in [0.3, 0.4) is 0 Å². The minimum Gasteiger partial charge on any atom is -0.497 e. The van der Waals surface area contributed by atoms with Crippen molar-refractivity contribution in [1.29, 1.82) is 0 Å². The van der Waals surface area contributed by atoms with E-state index in [2.05, 4.69) is 0 Å². The zero-order valence-corrected chi connectivity index (χ0v) is 26.6. The molecule has 0 radical (unpaired) electrons. The van der Waals surface area contributed by atoms with Crippen LogP contribution in [0.4, 0.5) is 0 Å². The first-order valence-corrected chi connectivity index (χ1v) is 16.0. The van der Waals surface area contributed by atoms with E-state index in [1.54, 1.807) is 31.4 Å². The van der Waals surface area contributed by atoms with E-state index in [9.17, 15) is 14.4 Å². The highest BCUT2D eigenvalue weighted by Gasteiger charge is 2.51. The zero-order valence-electron chi connectivity index (χ0n) is 25.8. The lowest BCUT2D eigenvalue weighted by atomic mass is 9.98. The lowest BCUT2D eigenvalue weighted by molar-refractivity contribution is -0.237. The van der Waals surface area contributed by atoms with Crippen molar-refractivity contribution in [2.75, 3.05) is 19.5 Å². The van der Waals surface area contributed by atoms with Gasteiger partial charge >= 0.3 is 11.9 Å². The van der Waals surface area contributed by atoms with Crippen molar-refractivity contribution in [2.24, 2.45) is 0 Å². The number of carbonyl (C=O) groups excluding carboxylic acids is 3. The summed E-state index contributed by atoms with van der Waals surface area (Å²) < 4.78 is 36.4.